The van der Waals surface area contributed by atoms with Gasteiger partial charge in [0.2, 0.25) is 5.91 Å². The highest BCUT2D eigenvalue weighted by Gasteiger charge is 2.25. The van der Waals surface area contributed by atoms with Crippen molar-refractivity contribution in [3.05, 3.63) is 35.9 Å². The van der Waals surface area contributed by atoms with Crippen molar-refractivity contribution in [1.82, 2.24) is 4.90 Å². The van der Waals surface area contributed by atoms with Gasteiger partial charge >= 0.3 is 0 Å². The Morgan fingerprint density at radius 3 is 2.68 bits per heavy atom. The van der Waals surface area contributed by atoms with Gasteiger partial charge < -0.3 is 21.1 Å². The molecule has 0 spiro atoms. The van der Waals surface area contributed by atoms with Gasteiger partial charge in [-0.15, -0.1) is 0 Å². The third-order valence-electron chi connectivity index (χ3n) is 3.61. The average molecular weight is 303 g/mol. The summed E-state index contributed by atoms with van der Waals surface area (Å²) in [4.78, 5) is 24.6. The van der Waals surface area contributed by atoms with Crippen LogP contribution in [0.2, 0.25) is 0 Å². The zero-order valence-electron chi connectivity index (χ0n) is 12.4. The standard InChI is InChI=1S/C16H21N3O3/c17-10-13-2-1-9-19(13)16(21)8-5-12-3-6-14(7-4-12)22-11-15(18)20/h3-8,13H,1-2,9-11,17H2,(H2,18,20). The molecule has 0 saturated carbocycles. The Kier molecular flexibility index (Phi) is 5.55. The first-order valence-electron chi connectivity index (χ1n) is 7.30. The molecule has 1 aromatic carbocycles. The maximum absolute atomic E-state index is 12.1. The monoisotopic (exact) mass is 303 g/mol. The summed E-state index contributed by atoms with van der Waals surface area (Å²) in [5, 5.41) is 0. The molecule has 6 nitrogen and oxygen atoms in total. The second-order valence-corrected chi connectivity index (χ2v) is 5.22. The second-order valence-electron chi connectivity index (χ2n) is 5.22. The molecule has 1 fully saturated rings. The first kappa shape index (κ1) is 16.0. The van der Waals surface area contributed by atoms with Crippen LogP contribution in [0.4, 0.5) is 0 Å². The van der Waals surface area contributed by atoms with Gasteiger partial charge in [-0.25, -0.2) is 0 Å². The van der Waals surface area contributed by atoms with E-state index in [2.05, 4.69) is 0 Å². The number of hydrogen-bond donors (Lipinski definition) is 2. The second kappa shape index (κ2) is 7.61. The number of nitrogens with zero attached hydrogens (tertiary/aromatic N) is 1. The van der Waals surface area contributed by atoms with Crippen molar-refractivity contribution in [2.75, 3.05) is 19.7 Å². The number of carbonyl (C=O) groups is 2. The van der Waals surface area contributed by atoms with Gasteiger partial charge in [0, 0.05) is 25.2 Å². The molecule has 1 saturated heterocycles. The highest BCUT2D eigenvalue weighted by molar-refractivity contribution is 5.92. The third-order valence-corrected chi connectivity index (χ3v) is 3.61. The molecule has 2 amide bonds. The van der Waals surface area contributed by atoms with Gasteiger partial charge in [0.25, 0.3) is 5.91 Å². The highest BCUT2D eigenvalue weighted by atomic mass is 16.5. The molecule has 1 aliphatic heterocycles. The lowest BCUT2D eigenvalue weighted by Gasteiger charge is -2.21. The molecule has 118 valence electrons. The summed E-state index contributed by atoms with van der Waals surface area (Å²) >= 11 is 0. The Morgan fingerprint density at radius 2 is 2.05 bits per heavy atom. The van der Waals surface area contributed by atoms with Gasteiger partial charge in [0.1, 0.15) is 5.75 Å². The number of hydrogen-bond acceptors (Lipinski definition) is 4. The van der Waals surface area contributed by atoms with Crippen molar-refractivity contribution in [2.45, 2.75) is 18.9 Å². The molecule has 22 heavy (non-hydrogen) atoms. The molecule has 1 atom stereocenters. The molecule has 1 aromatic rings. The maximum atomic E-state index is 12.1. The van der Waals surface area contributed by atoms with E-state index in [9.17, 15) is 9.59 Å². The number of ether oxygens (including phenoxy) is 1. The van der Waals surface area contributed by atoms with Crippen molar-refractivity contribution in [1.29, 1.82) is 0 Å². The van der Waals surface area contributed by atoms with Gasteiger partial charge in [-0.1, -0.05) is 12.1 Å². The van der Waals surface area contributed by atoms with Crippen LogP contribution < -0.4 is 16.2 Å². The molecule has 0 aliphatic carbocycles. The molecular formula is C16H21N3O3. The first-order valence-corrected chi connectivity index (χ1v) is 7.30. The fraction of sp³-hybridized carbons (Fsp3) is 0.375. The SMILES string of the molecule is NCC1CCCN1C(=O)C=Cc1ccc(OCC(N)=O)cc1. The number of primary amides is 1. The number of benzene rings is 1. The molecule has 6 heteroatoms. The predicted octanol–water partition coefficient (Wildman–Crippen LogP) is 0.514. The third kappa shape index (κ3) is 4.33. The summed E-state index contributed by atoms with van der Waals surface area (Å²) in [5.41, 5.74) is 11.6. The fourth-order valence-corrected chi connectivity index (χ4v) is 2.46. The summed E-state index contributed by atoms with van der Waals surface area (Å²) in [5.74, 6) is 0.0293. The van der Waals surface area contributed by atoms with E-state index >= 15 is 0 Å². The summed E-state index contributed by atoms with van der Waals surface area (Å²) < 4.78 is 5.17. The van der Waals surface area contributed by atoms with Gasteiger partial charge in [-0.2, -0.15) is 0 Å². The fourth-order valence-electron chi connectivity index (χ4n) is 2.46. The molecule has 0 radical (unpaired) electrons. The lowest BCUT2D eigenvalue weighted by atomic mass is 10.2. The van der Waals surface area contributed by atoms with Gasteiger partial charge in [0.15, 0.2) is 6.61 Å². The molecular weight excluding hydrogens is 282 g/mol. The van der Waals surface area contributed by atoms with E-state index in [1.54, 1.807) is 24.3 Å². The Hall–Kier alpha value is -2.34. The van der Waals surface area contributed by atoms with E-state index in [0.29, 0.717) is 12.3 Å². The lowest BCUT2D eigenvalue weighted by molar-refractivity contribution is -0.126. The molecule has 1 unspecified atom stereocenters. The molecule has 0 bridgehead atoms. The molecule has 2 rings (SSSR count). The van der Waals surface area contributed by atoms with Gasteiger partial charge in [-0.3, -0.25) is 9.59 Å². The molecule has 1 aliphatic rings. The lowest BCUT2D eigenvalue weighted by Crippen LogP contribution is -2.38. The van der Waals surface area contributed by atoms with Crippen LogP contribution in [-0.4, -0.2) is 42.5 Å². The van der Waals surface area contributed by atoms with E-state index in [4.69, 9.17) is 16.2 Å². The topological polar surface area (TPSA) is 98.7 Å². The smallest absolute Gasteiger partial charge is 0.255 e. The zero-order valence-corrected chi connectivity index (χ0v) is 12.4. The number of rotatable bonds is 6. The Morgan fingerprint density at radius 1 is 1.32 bits per heavy atom. The van der Waals surface area contributed by atoms with Crippen LogP contribution in [0.1, 0.15) is 18.4 Å². The normalized spacial score (nSPS) is 17.9. The summed E-state index contributed by atoms with van der Waals surface area (Å²) in [7, 11) is 0. The van der Waals surface area contributed by atoms with E-state index in [1.807, 2.05) is 17.0 Å². The van der Waals surface area contributed by atoms with Crippen molar-refractivity contribution in [3.63, 3.8) is 0 Å². The summed E-state index contributed by atoms with van der Waals surface area (Å²) in [6, 6.07) is 7.23. The minimum absolute atomic E-state index is 0.0120. The number of likely N-dealkylation sites (tertiary alicyclic amines) is 1. The number of nitrogens with two attached hydrogens (primary N) is 2. The number of carbonyl (C=O) groups excluding carboxylic acids is 2. The minimum Gasteiger partial charge on any atom is -0.484 e. The van der Waals surface area contributed by atoms with Crippen molar-refractivity contribution in [2.24, 2.45) is 11.5 Å². The van der Waals surface area contributed by atoms with Crippen LogP contribution in [-0.2, 0) is 9.59 Å². The first-order chi connectivity index (χ1) is 10.6. The Bertz CT molecular complexity index is 554. The molecule has 0 aromatic heterocycles. The van der Waals surface area contributed by atoms with Crippen LogP contribution in [0.3, 0.4) is 0 Å². The maximum Gasteiger partial charge on any atom is 0.255 e. The minimum atomic E-state index is -0.519. The van der Waals surface area contributed by atoms with Crippen LogP contribution in [0.5, 0.6) is 5.75 Å². The van der Waals surface area contributed by atoms with Crippen molar-refractivity contribution < 1.29 is 14.3 Å². The summed E-state index contributed by atoms with van der Waals surface area (Å²) in [6.45, 7) is 1.12. The van der Waals surface area contributed by atoms with Crippen LogP contribution in [0.25, 0.3) is 6.08 Å². The largest absolute Gasteiger partial charge is 0.484 e. The van der Waals surface area contributed by atoms with E-state index in [-0.39, 0.29) is 18.6 Å². The number of amides is 2. The van der Waals surface area contributed by atoms with E-state index < -0.39 is 5.91 Å². The summed E-state index contributed by atoms with van der Waals surface area (Å²) in [6.07, 6.45) is 5.30. The van der Waals surface area contributed by atoms with Gasteiger partial charge in [0.05, 0.1) is 0 Å². The Balaban J connectivity index is 1.92. The van der Waals surface area contributed by atoms with Crippen LogP contribution >= 0.6 is 0 Å². The molecule has 1 heterocycles. The quantitative estimate of drug-likeness (QED) is 0.748. The average Bonchev–Trinajstić information content (AvgIpc) is 3.00. The van der Waals surface area contributed by atoms with Crippen LogP contribution in [0, 0.1) is 0 Å². The zero-order chi connectivity index (χ0) is 15.9. The molecule has 4 N–H and O–H groups in total. The van der Waals surface area contributed by atoms with Crippen molar-refractivity contribution >= 4 is 17.9 Å². The van der Waals surface area contributed by atoms with E-state index in [1.165, 1.54) is 0 Å². The van der Waals surface area contributed by atoms with E-state index in [0.717, 1.165) is 24.9 Å². The highest BCUT2D eigenvalue weighted by Crippen LogP contribution is 2.17. The van der Waals surface area contributed by atoms with Gasteiger partial charge in [-0.05, 0) is 36.6 Å². The predicted molar refractivity (Wildman–Crippen MR) is 84.0 cm³/mol. The Labute approximate surface area is 129 Å². The van der Waals surface area contributed by atoms with Crippen LogP contribution in [0.15, 0.2) is 30.3 Å². The van der Waals surface area contributed by atoms with Crippen molar-refractivity contribution in [3.8, 4) is 5.75 Å².